The normalized spacial score (nSPS) is 14.4. The van der Waals surface area contributed by atoms with Gasteiger partial charge in [-0.2, -0.15) is 20.0 Å². The van der Waals surface area contributed by atoms with Crippen molar-refractivity contribution >= 4 is 67.7 Å². The maximum atomic E-state index is 15.2. The zero-order chi connectivity index (χ0) is 39.1. The molecule has 0 spiro atoms. The summed E-state index contributed by atoms with van der Waals surface area (Å²) in [6.45, 7) is 7.41. The quantitative estimate of drug-likeness (QED) is 0.121. The third kappa shape index (κ3) is 9.07. The molecule has 6 heterocycles. The molecule has 16 nitrogen and oxygen atoms in total. The number of urea groups is 2. The molecule has 0 unspecified atom stereocenters. The molecule has 57 heavy (non-hydrogen) atoms. The minimum Gasteiger partial charge on any atom is -0.370 e. The highest BCUT2D eigenvalue weighted by Crippen LogP contribution is 2.40. The number of nitrogens with zero attached hydrogens (tertiary/aromatic N) is 10. The van der Waals surface area contributed by atoms with Gasteiger partial charge in [0.15, 0.2) is 22.9 Å². The molecule has 2 aromatic carbocycles. The van der Waals surface area contributed by atoms with E-state index in [-0.39, 0.29) is 0 Å². The van der Waals surface area contributed by atoms with Crippen molar-refractivity contribution in [2.45, 2.75) is 71.6 Å². The van der Waals surface area contributed by atoms with Crippen LogP contribution in [-0.2, 0) is 19.3 Å². The molecule has 0 aliphatic carbocycles. The fourth-order valence-corrected chi connectivity index (χ4v) is 8.79. The Kier molecular flexibility index (Phi) is 11.7. The third-order valence-corrected chi connectivity index (χ3v) is 11.8. The first-order valence-electron chi connectivity index (χ1n) is 19.2. The molecule has 0 bridgehead atoms. The van der Waals surface area contributed by atoms with E-state index in [9.17, 15) is 0 Å². The van der Waals surface area contributed by atoms with E-state index in [0.717, 1.165) is 97.0 Å². The van der Waals surface area contributed by atoms with Crippen LogP contribution in [0.3, 0.4) is 0 Å². The third-order valence-electron chi connectivity index (χ3n) is 9.96. The van der Waals surface area contributed by atoms with Gasteiger partial charge in [0.2, 0.25) is 11.8 Å². The van der Waals surface area contributed by atoms with Gasteiger partial charge < -0.3 is 18.8 Å². The lowest BCUT2D eigenvalue weighted by atomic mass is 10.1. The summed E-state index contributed by atoms with van der Waals surface area (Å²) in [5, 5.41) is 17.2. The smallest absolute Gasteiger partial charge is 0.347 e. The van der Waals surface area contributed by atoms with E-state index in [4.69, 9.17) is 9.05 Å². The van der Waals surface area contributed by atoms with Gasteiger partial charge in [-0.25, -0.2) is 19.6 Å². The first-order chi connectivity index (χ1) is 27.9. The van der Waals surface area contributed by atoms with Gasteiger partial charge in [-0.05, 0) is 94.2 Å². The molecule has 0 saturated carbocycles. The topological polar surface area (TPSA) is 175 Å². The first kappa shape index (κ1) is 38.0. The molecule has 2 saturated heterocycles. The van der Waals surface area contributed by atoms with E-state index < -0.39 is 12.1 Å². The van der Waals surface area contributed by atoms with Crippen LogP contribution in [0.2, 0.25) is 0 Å². The van der Waals surface area contributed by atoms with Crippen molar-refractivity contribution in [3.8, 4) is 0 Å². The fraction of sp³-hybridized carbons (Fsp3) is 0.385. The Morgan fingerprint density at radius 2 is 1.14 bits per heavy atom. The number of piperidine rings is 2. The summed E-state index contributed by atoms with van der Waals surface area (Å²) < 4.78 is 10.4. The number of carbonyl (C=O) groups is 2. The van der Waals surface area contributed by atoms with Crippen LogP contribution >= 0.6 is 22.7 Å². The molecule has 2 fully saturated rings. The minimum absolute atomic E-state index is 0.359. The fourth-order valence-electron chi connectivity index (χ4n) is 7.19. The maximum Gasteiger partial charge on any atom is 0.347 e. The second-order valence-corrected chi connectivity index (χ2v) is 16.4. The monoisotopic (exact) mass is 808 g/mol. The summed E-state index contributed by atoms with van der Waals surface area (Å²) in [6.07, 6.45) is 14.1. The van der Waals surface area contributed by atoms with Crippen molar-refractivity contribution in [1.82, 2.24) is 30.2 Å². The number of amides is 4. The van der Waals surface area contributed by atoms with Crippen molar-refractivity contribution in [3.05, 3.63) is 94.1 Å². The zero-order valence-corrected chi connectivity index (χ0v) is 33.5. The van der Waals surface area contributed by atoms with Gasteiger partial charge in [0.25, 0.3) is 0 Å². The first-order valence-corrected chi connectivity index (χ1v) is 20.8. The van der Waals surface area contributed by atoms with E-state index in [1.807, 2.05) is 38.1 Å². The molecule has 2 N–H and O–H groups in total. The number of carbonyl (C=O) groups excluding carboxylic acids is 2. The molecule has 8 rings (SSSR count). The van der Waals surface area contributed by atoms with Crippen LogP contribution in [0.15, 0.2) is 70.5 Å². The lowest BCUT2D eigenvalue weighted by molar-refractivity contribution is 0.248. The summed E-state index contributed by atoms with van der Waals surface area (Å²) >= 11 is 2.66. The van der Waals surface area contributed by atoms with Gasteiger partial charge in [-0.1, -0.05) is 22.4 Å². The van der Waals surface area contributed by atoms with E-state index in [1.165, 1.54) is 45.3 Å². The zero-order valence-electron chi connectivity index (χ0n) is 31.9. The minimum atomic E-state index is -0.560. The van der Waals surface area contributed by atoms with Crippen LogP contribution in [0.5, 0.6) is 0 Å². The number of thiazole rings is 2. The van der Waals surface area contributed by atoms with Crippen LogP contribution in [0.25, 0.3) is 0 Å². The van der Waals surface area contributed by atoms with Gasteiger partial charge in [-0.3, -0.25) is 10.6 Å². The average Bonchev–Trinajstić information content (AvgIpc) is 4.08. The average molecular weight is 809 g/mol. The van der Waals surface area contributed by atoms with Crippen molar-refractivity contribution in [2.24, 2.45) is 0 Å². The largest absolute Gasteiger partial charge is 0.370 e. The van der Waals surface area contributed by atoms with E-state index in [1.54, 1.807) is 12.4 Å². The van der Waals surface area contributed by atoms with Crippen LogP contribution in [0.1, 0.15) is 71.2 Å². The molecule has 2 aliphatic rings. The summed E-state index contributed by atoms with van der Waals surface area (Å²) in [7, 11) is 0. The molecule has 6 aromatic rings. The molecule has 18 heteroatoms. The van der Waals surface area contributed by atoms with Gasteiger partial charge in [0.05, 0.1) is 29.2 Å². The Morgan fingerprint density at radius 1 is 0.649 bits per heavy atom. The summed E-state index contributed by atoms with van der Waals surface area (Å²) in [5.74, 6) is 0.965. The second kappa shape index (κ2) is 17.5. The van der Waals surface area contributed by atoms with Gasteiger partial charge >= 0.3 is 12.1 Å². The number of anilines is 6. The summed E-state index contributed by atoms with van der Waals surface area (Å²) in [5.41, 5.74) is 4.93. The number of aromatic nitrogens is 6. The predicted octanol–water partition coefficient (Wildman–Crippen LogP) is 8.03. The molecule has 296 valence electrons. The predicted molar refractivity (Wildman–Crippen MR) is 221 cm³/mol. The van der Waals surface area contributed by atoms with E-state index in [0.29, 0.717) is 52.7 Å². The second-order valence-electron chi connectivity index (χ2n) is 14.2. The Bertz CT molecular complexity index is 2260. The maximum absolute atomic E-state index is 15.2. The highest BCUT2D eigenvalue weighted by molar-refractivity contribution is 7.16. The number of rotatable bonds is 11. The number of hydrogen-bond acceptors (Lipinski definition) is 14. The van der Waals surface area contributed by atoms with Crippen LogP contribution in [0.4, 0.5) is 42.6 Å². The van der Waals surface area contributed by atoms with Crippen molar-refractivity contribution < 1.29 is 18.6 Å². The van der Waals surface area contributed by atoms with Crippen molar-refractivity contribution in [1.29, 1.82) is 0 Å². The number of nitrogens with one attached hydrogen (secondary N) is 2. The number of benzene rings is 2. The number of aryl methyl sites for hydroxylation is 4. The lowest BCUT2D eigenvalue weighted by Gasteiger charge is -2.40. The Morgan fingerprint density at radius 3 is 1.65 bits per heavy atom. The highest BCUT2D eigenvalue weighted by atomic mass is 32.1. The van der Waals surface area contributed by atoms with Crippen LogP contribution in [-0.4, -0.2) is 68.5 Å². The Balaban J connectivity index is 1.22. The number of hydrazine groups is 1. The van der Waals surface area contributed by atoms with E-state index in [2.05, 4.69) is 62.8 Å². The molecular weight excluding hydrogens is 765 g/mol. The van der Waals surface area contributed by atoms with E-state index >= 15 is 9.59 Å². The molecule has 4 amide bonds. The standard InChI is InChI=1S/C39H44N12O4S2/c1-26-9-12-30(32(19-26)48-15-5-3-6-16-48)50(38(52)46-36-40-22-28(56-36)11-14-34-42-24-44-54-34)51(31-13-10-27(2)20-33(31)49-17-7-4-8-18-49)39(53)47-37-41-23-29(57-37)21-35-43-25-45-55-35/h9-10,12-13,19-20,22-25H,3-8,11,14-18,21H2,1-2H3,(H,40,46,52)(H,41,47,53). The van der Waals surface area contributed by atoms with Gasteiger partial charge in [-0.15, -0.1) is 22.7 Å². The lowest BCUT2D eigenvalue weighted by Crippen LogP contribution is -2.55. The van der Waals surface area contributed by atoms with Crippen molar-refractivity contribution in [2.75, 3.05) is 56.6 Å². The van der Waals surface area contributed by atoms with Gasteiger partial charge in [0, 0.05) is 54.7 Å². The molecule has 0 atom stereocenters. The molecule has 4 aromatic heterocycles. The molecule has 2 aliphatic heterocycles. The number of hydrogen-bond donors (Lipinski definition) is 2. The summed E-state index contributed by atoms with van der Waals surface area (Å²) in [6, 6.07) is 10.9. The van der Waals surface area contributed by atoms with Crippen molar-refractivity contribution in [3.63, 3.8) is 0 Å². The van der Waals surface area contributed by atoms with Crippen LogP contribution in [0, 0.1) is 13.8 Å². The Labute approximate surface area is 337 Å². The Hall–Kier alpha value is -5.88. The SMILES string of the molecule is Cc1ccc(N(C(=O)Nc2ncc(CCc3ncno3)s2)N(C(=O)Nc2ncc(Cc3ncno3)s2)c2ccc(C)cc2N2CCCCC2)c(N2CCCCC2)c1. The summed E-state index contributed by atoms with van der Waals surface area (Å²) in [4.78, 5) is 54.0. The van der Waals surface area contributed by atoms with Crippen LogP contribution < -0.4 is 30.5 Å². The molecular formula is C39H44N12O4S2. The molecule has 0 radical (unpaired) electrons. The van der Waals surface area contributed by atoms with Gasteiger partial charge in [0.1, 0.15) is 0 Å². The highest BCUT2D eigenvalue weighted by Gasteiger charge is 2.36.